The van der Waals surface area contributed by atoms with Crippen LogP contribution in [-0.2, 0) is 17.8 Å². The zero-order chi connectivity index (χ0) is 21.7. The van der Waals surface area contributed by atoms with Gasteiger partial charge in [-0.15, -0.1) is 10.2 Å². The Balaban J connectivity index is 1.15. The lowest BCUT2D eigenvalue weighted by Crippen LogP contribution is -2.61. The molecule has 6 heteroatoms. The number of nitrogens with one attached hydrogen (secondary N) is 2. The molecule has 0 saturated heterocycles. The molecule has 32 heavy (non-hydrogen) atoms. The Morgan fingerprint density at radius 2 is 1.81 bits per heavy atom. The number of anilines is 1. The summed E-state index contributed by atoms with van der Waals surface area (Å²) in [6.07, 6.45) is 12.4. The number of carbonyl (C=O) groups is 1. The number of fused-ring (bicyclic) bond motifs is 1. The molecule has 1 aromatic carbocycles. The van der Waals surface area contributed by atoms with Gasteiger partial charge < -0.3 is 15.2 Å². The van der Waals surface area contributed by atoms with Crippen LogP contribution in [-0.4, -0.2) is 32.3 Å². The first-order chi connectivity index (χ1) is 15.6. The number of amides is 1. The van der Waals surface area contributed by atoms with Crippen molar-refractivity contribution in [2.24, 2.45) is 17.8 Å². The number of benzene rings is 1. The maximum atomic E-state index is 13.2. The highest BCUT2D eigenvalue weighted by Gasteiger charge is 2.51. The number of hydrogen-bond acceptors (Lipinski definition) is 4. The number of carbonyl (C=O) groups excluding carboxylic acids is 1. The number of nitrogens with zero attached hydrogens (tertiary/aromatic N) is 3. The van der Waals surface area contributed by atoms with Gasteiger partial charge in [0.15, 0.2) is 5.82 Å². The average Bonchev–Trinajstić information content (AvgIpc) is 3.01. The van der Waals surface area contributed by atoms with Gasteiger partial charge in [0.1, 0.15) is 11.9 Å². The number of aryl methyl sites for hydroxylation is 1. The molecule has 2 heterocycles. The standard InChI is InChI=1S/C26H35N5O/c1-17(25(32)28-26-14-18-10-19(15-26)12-20(11-18)16-26)27-22-7-5-6-21(13-22)24-30-29-23-8-3-2-4-9-31(23)24/h5-7,13,17-20,27H,2-4,8-12,14-16H2,1H3,(H,28,32)/t17-,18?,19?,20?,26?/m1/s1. The Kier molecular flexibility index (Phi) is 4.99. The first kappa shape index (κ1) is 20.3. The van der Waals surface area contributed by atoms with E-state index >= 15 is 0 Å². The topological polar surface area (TPSA) is 71.8 Å². The minimum atomic E-state index is -0.270. The fourth-order valence-electron chi connectivity index (χ4n) is 7.40. The lowest BCUT2D eigenvalue weighted by atomic mass is 9.53. The predicted octanol–water partition coefficient (Wildman–Crippen LogP) is 4.56. The van der Waals surface area contributed by atoms with Crippen LogP contribution < -0.4 is 10.6 Å². The second kappa shape index (κ2) is 7.89. The highest BCUT2D eigenvalue weighted by Crippen LogP contribution is 2.55. The van der Waals surface area contributed by atoms with Crippen LogP contribution in [0.1, 0.15) is 70.5 Å². The van der Waals surface area contributed by atoms with Crippen molar-refractivity contribution in [2.75, 3.05) is 5.32 Å². The Labute approximate surface area is 190 Å². The Hall–Kier alpha value is -2.37. The van der Waals surface area contributed by atoms with E-state index in [1.807, 2.05) is 19.1 Å². The van der Waals surface area contributed by atoms with Crippen molar-refractivity contribution in [3.8, 4) is 11.4 Å². The van der Waals surface area contributed by atoms with Crippen LogP contribution in [0.25, 0.3) is 11.4 Å². The zero-order valence-electron chi connectivity index (χ0n) is 19.1. The summed E-state index contributed by atoms with van der Waals surface area (Å²) < 4.78 is 2.27. The van der Waals surface area contributed by atoms with Crippen LogP contribution in [0.3, 0.4) is 0 Å². The van der Waals surface area contributed by atoms with Crippen LogP contribution >= 0.6 is 0 Å². The first-order valence-electron chi connectivity index (χ1n) is 12.7. The largest absolute Gasteiger partial charge is 0.374 e. The molecule has 2 aromatic rings. The van der Waals surface area contributed by atoms with Gasteiger partial charge in [0.25, 0.3) is 0 Å². The van der Waals surface area contributed by atoms with Crippen molar-refractivity contribution in [2.45, 2.75) is 89.3 Å². The minimum Gasteiger partial charge on any atom is -0.374 e. The van der Waals surface area contributed by atoms with E-state index in [0.29, 0.717) is 0 Å². The minimum absolute atomic E-state index is 0.0582. The van der Waals surface area contributed by atoms with Crippen molar-refractivity contribution in [3.05, 3.63) is 30.1 Å². The molecule has 170 valence electrons. The number of aromatic nitrogens is 3. The quantitative estimate of drug-likeness (QED) is 0.725. The van der Waals surface area contributed by atoms with E-state index in [2.05, 4.69) is 37.5 Å². The summed E-state index contributed by atoms with van der Waals surface area (Å²) in [5.41, 5.74) is 2.08. The molecule has 7 rings (SSSR count). The second-order valence-electron chi connectivity index (χ2n) is 11.0. The molecular weight excluding hydrogens is 398 g/mol. The summed E-state index contributed by atoms with van der Waals surface area (Å²) >= 11 is 0. The van der Waals surface area contributed by atoms with E-state index < -0.39 is 0 Å². The normalized spacial score (nSPS) is 31.6. The van der Waals surface area contributed by atoms with E-state index in [-0.39, 0.29) is 17.5 Å². The van der Waals surface area contributed by atoms with Gasteiger partial charge in [-0.3, -0.25) is 4.79 Å². The van der Waals surface area contributed by atoms with E-state index in [0.717, 1.165) is 53.6 Å². The van der Waals surface area contributed by atoms with Crippen molar-refractivity contribution >= 4 is 11.6 Å². The summed E-state index contributed by atoms with van der Waals surface area (Å²) in [4.78, 5) is 13.2. The van der Waals surface area contributed by atoms with E-state index in [1.165, 1.54) is 57.8 Å². The van der Waals surface area contributed by atoms with Gasteiger partial charge in [-0.1, -0.05) is 18.6 Å². The van der Waals surface area contributed by atoms with E-state index in [1.54, 1.807) is 0 Å². The van der Waals surface area contributed by atoms with Gasteiger partial charge in [0.05, 0.1) is 0 Å². The van der Waals surface area contributed by atoms with E-state index in [9.17, 15) is 4.79 Å². The smallest absolute Gasteiger partial charge is 0.242 e. The zero-order valence-corrected chi connectivity index (χ0v) is 19.1. The van der Waals surface area contributed by atoms with Gasteiger partial charge >= 0.3 is 0 Å². The maximum absolute atomic E-state index is 13.2. The third-order valence-corrected chi connectivity index (χ3v) is 8.43. The van der Waals surface area contributed by atoms with Crippen molar-refractivity contribution in [1.82, 2.24) is 20.1 Å². The fourth-order valence-corrected chi connectivity index (χ4v) is 7.40. The molecular formula is C26H35N5O. The molecule has 0 spiro atoms. The van der Waals surface area contributed by atoms with Crippen molar-refractivity contribution in [3.63, 3.8) is 0 Å². The molecule has 0 radical (unpaired) electrons. The maximum Gasteiger partial charge on any atom is 0.242 e. The average molecular weight is 434 g/mol. The van der Waals surface area contributed by atoms with Crippen LogP contribution in [0.2, 0.25) is 0 Å². The Bertz CT molecular complexity index is 976. The molecule has 4 aliphatic carbocycles. The van der Waals surface area contributed by atoms with Crippen molar-refractivity contribution < 1.29 is 4.79 Å². The molecule has 1 aromatic heterocycles. The molecule has 6 nitrogen and oxygen atoms in total. The van der Waals surface area contributed by atoms with Gasteiger partial charge in [-0.05, 0) is 88.2 Å². The van der Waals surface area contributed by atoms with Crippen LogP contribution in [0.4, 0.5) is 5.69 Å². The SMILES string of the molecule is C[C@@H](Nc1cccc(-c2nnc3n2CCCCC3)c1)C(=O)NC12CC3CC(CC(C3)C1)C2. The monoisotopic (exact) mass is 433 g/mol. The molecule has 4 bridgehead atoms. The molecule has 5 aliphatic rings. The summed E-state index contributed by atoms with van der Waals surface area (Å²) in [5.74, 6) is 4.67. The van der Waals surface area contributed by atoms with Crippen molar-refractivity contribution in [1.29, 1.82) is 0 Å². The third kappa shape index (κ3) is 3.71. The third-order valence-electron chi connectivity index (χ3n) is 8.43. The van der Waals surface area contributed by atoms with Gasteiger partial charge in [-0.2, -0.15) is 0 Å². The van der Waals surface area contributed by atoms with Gasteiger partial charge in [0.2, 0.25) is 5.91 Å². The summed E-state index contributed by atoms with van der Waals surface area (Å²) in [7, 11) is 0. The van der Waals surface area contributed by atoms with Crippen LogP contribution in [0.5, 0.6) is 0 Å². The molecule has 1 amide bonds. The Morgan fingerprint density at radius 1 is 1.06 bits per heavy atom. The highest BCUT2D eigenvalue weighted by molar-refractivity contribution is 5.85. The number of hydrogen-bond donors (Lipinski definition) is 2. The van der Waals surface area contributed by atoms with Gasteiger partial charge in [-0.25, -0.2) is 0 Å². The molecule has 2 N–H and O–H groups in total. The molecule has 4 fully saturated rings. The predicted molar refractivity (Wildman–Crippen MR) is 125 cm³/mol. The van der Waals surface area contributed by atoms with Crippen LogP contribution in [0.15, 0.2) is 24.3 Å². The molecule has 1 aliphatic heterocycles. The molecule has 0 unspecified atom stereocenters. The highest BCUT2D eigenvalue weighted by atomic mass is 16.2. The fraction of sp³-hybridized carbons (Fsp3) is 0.654. The first-order valence-corrected chi connectivity index (χ1v) is 12.7. The molecule has 4 saturated carbocycles. The number of rotatable bonds is 5. The second-order valence-corrected chi connectivity index (χ2v) is 11.0. The van der Waals surface area contributed by atoms with Crippen LogP contribution in [0, 0.1) is 17.8 Å². The summed E-state index contributed by atoms with van der Waals surface area (Å²) in [5, 5.41) is 15.9. The molecule has 1 atom stereocenters. The van der Waals surface area contributed by atoms with Gasteiger partial charge in [0, 0.05) is 29.8 Å². The van der Waals surface area contributed by atoms with E-state index in [4.69, 9.17) is 0 Å². The lowest BCUT2D eigenvalue weighted by Gasteiger charge is -2.57. The lowest BCUT2D eigenvalue weighted by molar-refractivity contribution is -0.127. The summed E-state index contributed by atoms with van der Waals surface area (Å²) in [6, 6.07) is 8.01. The summed E-state index contributed by atoms with van der Waals surface area (Å²) in [6.45, 7) is 2.96. The Morgan fingerprint density at radius 3 is 2.56 bits per heavy atom.